The molecule has 1 heterocycles. The molecule has 0 aromatic heterocycles. The molecule has 7 heteroatoms. The highest BCUT2D eigenvalue weighted by Crippen LogP contribution is 2.39. The Hall–Kier alpha value is -3.09. The molecule has 0 unspecified atom stereocenters. The lowest BCUT2D eigenvalue weighted by molar-refractivity contribution is 0.322. The molecule has 1 N–H and O–H groups in total. The van der Waals surface area contributed by atoms with Crippen LogP contribution in [0.15, 0.2) is 47.5 Å². The topological polar surface area (TPSA) is 58.6 Å². The SMILES string of the molecule is CCNC(=NCCc1ccc(OC)c(OC)c1OC)N1CCN(c2ccccc2)CC1. The maximum absolute atomic E-state index is 5.60. The monoisotopic (exact) mass is 426 g/mol. The zero-order chi connectivity index (χ0) is 22.1. The van der Waals surface area contributed by atoms with E-state index in [1.54, 1.807) is 21.3 Å². The molecule has 1 aliphatic rings. The Bertz CT molecular complexity index is 849. The van der Waals surface area contributed by atoms with Gasteiger partial charge in [0, 0.05) is 50.5 Å². The minimum atomic E-state index is 0.621. The number of hydrogen-bond acceptors (Lipinski definition) is 5. The van der Waals surface area contributed by atoms with Crippen molar-refractivity contribution in [1.82, 2.24) is 10.2 Å². The van der Waals surface area contributed by atoms with Crippen LogP contribution in [0.25, 0.3) is 0 Å². The Kier molecular flexibility index (Phi) is 8.27. The third kappa shape index (κ3) is 5.54. The Morgan fingerprint density at radius 2 is 1.61 bits per heavy atom. The summed E-state index contributed by atoms with van der Waals surface area (Å²) in [6.07, 6.45) is 0.752. The number of nitrogens with one attached hydrogen (secondary N) is 1. The standard InChI is InChI=1S/C24H34N4O3/c1-5-25-24(28-17-15-27(16-18-28)20-9-7-6-8-10-20)26-14-13-19-11-12-21(29-2)23(31-4)22(19)30-3/h6-12H,5,13-18H2,1-4H3,(H,25,26). The highest BCUT2D eigenvalue weighted by molar-refractivity contribution is 5.80. The molecule has 0 spiro atoms. The number of guanidine groups is 1. The van der Waals surface area contributed by atoms with Crippen molar-refractivity contribution in [2.75, 3.05) is 65.5 Å². The zero-order valence-electron chi connectivity index (χ0n) is 19.1. The van der Waals surface area contributed by atoms with E-state index < -0.39 is 0 Å². The van der Waals surface area contributed by atoms with Crippen LogP contribution in [0.5, 0.6) is 17.2 Å². The predicted octanol–water partition coefficient (Wildman–Crippen LogP) is 3.04. The summed E-state index contributed by atoms with van der Waals surface area (Å²) in [5, 5.41) is 3.44. The van der Waals surface area contributed by atoms with E-state index in [9.17, 15) is 0 Å². The molecular weight excluding hydrogens is 392 g/mol. The molecule has 0 bridgehead atoms. The molecule has 0 aliphatic carbocycles. The Morgan fingerprint density at radius 1 is 0.903 bits per heavy atom. The number of methoxy groups -OCH3 is 3. The number of nitrogens with zero attached hydrogens (tertiary/aromatic N) is 3. The highest BCUT2D eigenvalue weighted by Gasteiger charge is 2.20. The molecule has 31 heavy (non-hydrogen) atoms. The number of anilines is 1. The van der Waals surface area contributed by atoms with Crippen molar-refractivity contribution in [3.63, 3.8) is 0 Å². The second-order valence-corrected chi connectivity index (χ2v) is 7.29. The van der Waals surface area contributed by atoms with Crippen molar-refractivity contribution in [1.29, 1.82) is 0 Å². The molecule has 168 valence electrons. The van der Waals surface area contributed by atoms with Gasteiger partial charge in [-0.2, -0.15) is 0 Å². The Balaban J connectivity index is 1.64. The first-order valence-electron chi connectivity index (χ1n) is 10.8. The van der Waals surface area contributed by atoms with Gasteiger partial charge in [0.05, 0.1) is 21.3 Å². The van der Waals surface area contributed by atoms with E-state index in [4.69, 9.17) is 19.2 Å². The van der Waals surface area contributed by atoms with Gasteiger partial charge in [0.15, 0.2) is 17.5 Å². The van der Waals surface area contributed by atoms with Gasteiger partial charge in [-0.25, -0.2) is 0 Å². The quantitative estimate of drug-likeness (QED) is 0.517. The van der Waals surface area contributed by atoms with E-state index in [0.717, 1.165) is 50.7 Å². The van der Waals surface area contributed by atoms with Crippen molar-refractivity contribution in [3.8, 4) is 17.2 Å². The van der Waals surface area contributed by atoms with Crippen LogP contribution in [0.1, 0.15) is 12.5 Å². The fourth-order valence-electron chi connectivity index (χ4n) is 3.88. The second kappa shape index (κ2) is 11.3. The van der Waals surface area contributed by atoms with Gasteiger partial charge >= 0.3 is 0 Å². The first-order valence-corrected chi connectivity index (χ1v) is 10.8. The average Bonchev–Trinajstić information content (AvgIpc) is 2.83. The summed E-state index contributed by atoms with van der Waals surface area (Å²) in [5.41, 5.74) is 2.33. The number of ether oxygens (including phenoxy) is 3. The molecule has 3 rings (SSSR count). The summed E-state index contributed by atoms with van der Waals surface area (Å²) in [6.45, 7) is 7.47. The minimum Gasteiger partial charge on any atom is -0.493 e. The number of aliphatic imine (C=N–C) groups is 1. The summed E-state index contributed by atoms with van der Waals surface area (Å²) in [7, 11) is 4.91. The van der Waals surface area contributed by atoms with Crippen LogP contribution in [0.4, 0.5) is 5.69 Å². The summed E-state index contributed by atoms with van der Waals surface area (Å²) < 4.78 is 16.5. The molecule has 1 aliphatic heterocycles. The van der Waals surface area contributed by atoms with Gasteiger partial charge in [0.2, 0.25) is 5.75 Å². The van der Waals surface area contributed by atoms with Gasteiger partial charge in [-0.1, -0.05) is 24.3 Å². The fourth-order valence-corrected chi connectivity index (χ4v) is 3.88. The number of benzene rings is 2. The number of hydrogen-bond donors (Lipinski definition) is 1. The molecule has 2 aromatic rings. The summed E-state index contributed by atoms with van der Waals surface area (Å²) in [5.74, 6) is 2.96. The number of rotatable bonds is 8. The van der Waals surface area contributed by atoms with Gasteiger partial charge in [-0.05, 0) is 31.5 Å². The van der Waals surface area contributed by atoms with Crippen LogP contribution in [-0.4, -0.2) is 71.5 Å². The normalized spacial score (nSPS) is 14.4. The van der Waals surface area contributed by atoms with Gasteiger partial charge < -0.3 is 29.3 Å². The molecule has 0 saturated carbocycles. The predicted molar refractivity (Wildman–Crippen MR) is 126 cm³/mol. The van der Waals surface area contributed by atoms with Crippen LogP contribution in [-0.2, 0) is 6.42 Å². The Morgan fingerprint density at radius 3 is 2.23 bits per heavy atom. The van der Waals surface area contributed by atoms with Gasteiger partial charge in [-0.3, -0.25) is 4.99 Å². The van der Waals surface area contributed by atoms with E-state index >= 15 is 0 Å². The van der Waals surface area contributed by atoms with Gasteiger partial charge in [0.1, 0.15) is 0 Å². The zero-order valence-corrected chi connectivity index (χ0v) is 19.1. The number of para-hydroxylation sites is 1. The first-order chi connectivity index (χ1) is 15.2. The van der Waals surface area contributed by atoms with Crippen molar-refractivity contribution in [2.45, 2.75) is 13.3 Å². The fraction of sp³-hybridized carbons (Fsp3) is 0.458. The van der Waals surface area contributed by atoms with Crippen molar-refractivity contribution in [3.05, 3.63) is 48.0 Å². The van der Waals surface area contributed by atoms with Crippen LogP contribution < -0.4 is 24.4 Å². The molecule has 2 aromatic carbocycles. The highest BCUT2D eigenvalue weighted by atomic mass is 16.5. The minimum absolute atomic E-state index is 0.621. The van der Waals surface area contributed by atoms with Crippen molar-refractivity contribution in [2.24, 2.45) is 4.99 Å². The van der Waals surface area contributed by atoms with Gasteiger partial charge in [0.25, 0.3) is 0 Å². The summed E-state index contributed by atoms with van der Waals surface area (Å²) >= 11 is 0. The first kappa shape index (κ1) is 22.6. The third-order valence-corrected chi connectivity index (χ3v) is 5.46. The lowest BCUT2D eigenvalue weighted by atomic mass is 10.1. The molecule has 1 fully saturated rings. The molecule has 0 atom stereocenters. The second-order valence-electron chi connectivity index (χ2n) is 7.29. The summed E-state index contributed by atoms with van der Waals surface area (Å²) in [6, 6.07) is 14.5. The van der Waals surface area contributed by atoms with E-state index in [-0.39, 0.29) is 0 Å². The third-order valence-electron chi connectivity index (χ3n) is 5.46. The van der Waals surface area contributed by atoms with E-state index in [1.165, 1.54) is 5.69 Å². The lowest BCUT2D eigenvalue weighted by Gasteiger charge is -2.37. The summed E-state index contributed by atoms with van der Waals surface area (Å²) in [4.78, 5) is 9.66. The number of piperazine rings is 1. The van der Waals surface area contributed by atoms with Crippen LogP contribution in [0.2, 0.25) is 0 Å². The average molecular weight is 427 g/mol. The van der Waals surface area contributed by atoms with Crippen LogP contribution in [0.3, 0.4) is 0 Å². The maximum atomic E-state index is 5.60. The largest absolute Gasteiger partial charge is 0.493 e. The van der Waals surface area contributed by atoms with Crippen LogP contribution >= 0.6 is 0 Å². The lowest BCUT2D eigenvalue weighted by Crippen LogP contribution is -2.52. The molecule has 0 radical (unpaired) electrons. The molecular formula is C24H34N4O3. The van der Waals surface area contributed by atoms with Crippen molar-refractivity contribution >= 4 is 11.6 Å². The van der Waals surface area contributed by atoms with E-state index in [1.807, 2.05) is 12.1 Å². The van der Waals surface area contributed by atoms with Crippen molar-refractivity contribution < 1.29 is 14.2 Å². The van der Waals surface area contributed by atoms with Gasteiger partial charge in [-0.15, -0.1) is 0 Å². The molecule has 7 nitrogen and oxygen atoms in total. The molecule has 0 amide bonds. The van der Waals surface area contributed by atoms with E-state index in [0.29, 0.717) is 23.8 Å². The Labute approximate surface area is 185 Å². The molecule has 1 saturated heterocycles. The smallest absolute Gasteiger partial charge is 0.203 e. The maximum Gasteiger partial charge on any atom is 0.203 e. The van der Waals surface area contributed by atoms with E-state index in [2.05, 4.69) is 52.4 Å². The van der Waals surface area contributed by atoms with Crippen LogP contribution in [0, 0.1) is 0 Å².